The van der Waals surface area contributed by atoms with Crippen LogP contribution in [0.3, 0.4) is 0 Å². The van der Waals surface area contributed by atoms with Crippen LogP contribution >= 0.6 is 0 Å². The van der Waals surface area contributed by atoms with Gasteiger partial charge in [0.15, 0.2) is 0 Å². The van der Waals surface area contributed by atoms with Gasteiger partial charge >= 0.3 is 0 Å². The van der Waals surface area contributed by atoms with E-state index in [1.165, 1.54) is 0 Å². The van der Waals surface area contributed by atoms with Gasteiger partial charge in [0.05, 0.1) is 52.3 Å². The van der Waals surface area contributed by atoms with Crippen molar-refractivity contribution in [2.45, 2.75) is 13.0 Å². The fourth-order valence-electron chi connectivity index (χ4n) is 1.43. The molecule has 9 nitrogen and oxygen atoms in total. The van der Waals surface area contributed by atoms with Crippen molar-refractivity contribution in [1.29, 1.82) is 0 Å². The molecule has 0 aromatic rings. The molecular weight excluding hydrogens is 318 g/mol. The molecule has 24 heavy (non-hydrogen) atoms. The second-order valence-corrected chi connectivity index (χ2v) is 4.86. The maximum Gasteiger partial charge on any atom is 0.245 e. The number of rotatable bonds is 16. The Kier molecular flexibility index (Phi) is 15.7. The lowest BCUT2D eigenvalue weighted by Gasteiger charge is -2.11. The summed E-state index contributed by atoms with van der Waals surface area (Å²) in [6, 6.07) is -0.206. The second-order valence-electron chi connectivity index (χ2n) is 4.86. The number of carbonyl (C=O) groups is 2. The molecule has 0 saturated carbocycles. The summed E-state index contributed by atoms with van der Waals surface area (Å²) >= 11 is 0. The molecule has 0 aliphatic carbocycles. The first-order valence-corrected chi connectivity index (χ1v) is 8.08. The Morgan fingerprint density at radius 2 is 1.33 bits per heavy atom. The van der Waals surface area contributed by atoms with Crippen LogP contribution in [0.5, 0.6) is 0 Å². The Balaban J connectivity index is 3.15. The molecule has 0 radical (unpaired) electrons. The number of ether oxygens (including phenoxy) is 4. The molecule has 0 aliphatic rings. The van der Waals surface area contributed by atoms with Crippen LogP contribution in [0, 0.1) is 0 Å². The Morgan fingerprint density at radius 3 is 1.83 bits per heavy atom. The van der Waals surface area contributed by atoms with Crippen molar-refractivity contribution in [1.82, 2.24) is 16.0 Å². The number of hydrogen-bond donors (Lipinski definition) is 3. The molecule has 0 aliphatic heterocycles. The molecule has 3 N–H and O–H groups in total. The van der Waals surface area contributed by atoms with Crippen molar-refractivity contribution in [2.75, 3.05) is 73.5 Å². The summed E-state index contributed by atoms with van der Waals surface area (Å²) in [5.41, 5.74) is 0. The normalized spacial score (nSPS) is 12.0. The Morgan fingerprint density at radius 1 is 0.833 bits per heavy atom. The van der Waals surface area contributed by atoms with E-state index >= 15 is 0 Å². The fraction of sp³-hybridized carbons (Fsp3) is 0.867. The van der Waals surface area contributed by atoms with Crippen LogP contribution in [0.2, 0.25) is 0 Å². The quantitative estimate of drug-likeness (QED) is 0.292. The fourth-order valence-corrected chi connectivity index (χ4v) is 1.43. The predicted molar refractivity (Wildman–Crippen MR) is 88.9 cm³/mol. The molecule has 1 unspecified atom stereocenters. The zero-order valence-corrected chi connectivity index (χ0v) is 14.9. The molecule has 0 spiro atoms. The summed E-state index contributed by atoms with van der Waals surface area (Å²) in [5, 5.41) is 8.08. The molecule has 9 heteroatoms. The standard InChI is InChI=1S/C15H31N3O6/c1-13(16-2)15(20)18-4-5-21-6-7-22-8-9-23-10-11-24-12-14(19)17-3/h13,16H,4-12H2,1-3H3,(H,17,19)(H,18,20). The zero-order valence-electron chi connectivity index (χ0n) is 14.9. The highest BCUT2D eigenvalue weighted by Crippen LogP contribution is 1.83. The van der Waals surface area contributed by atoms with Gasteiger partial charge in [0.2, 0.25) is 11.8 Å². The van der Waals surface area contributed by atoms with Crippen molar-refractivity contribution in [2.24, 2.45) is 0 Å². The van der Waals surface area contributed by atoms with Crippen molar-refractivity contribution < 1.29 is 28.5 Å². The molecule has 0 rings (SSSR count). The summed E-state index contributed by atoms with van der Waals surface area (Å²) in [5.74, 6) is -0.205. The van der Waals surface area contributed by atoms with Gasteiger partial charge in [-0.3, -0.25) is 9.59 Å². The van der Waals surface area contributed by atoms with Crippen LogP contribution in [0.25, 0.3) is 0 Å². The highest BCUT2D eigenvalue weighted by Gasteiger charge is 2.08. The van der Waals surface area contributed by atoms with Gasteiger partial charge in [0.25, 0.3) is 0 Å². The number of nitrogens with one attached hydrogen (secondary N) is 3. The second kappa shape index (κ2) is 16.6. The minimum absolute atomic E-state index is 0.0437. The third-order valence-electron chi connectivity index (χ3n) is 3.00. The van der Waals surface area contributed by atoms with E-state index in [-0.39, 0.29) is 24.5 Å². The lowest BCUT2D eigenvalue weighted by Crippen LogP contribution is -2.41. The molecule has 0 aromatic heterocycles. The molecule has 2 amide bonds. The monoisotopic (exact) mass is 349 g/mol. The topological polar surface area (TPSA) is 107 Å². The molecule has 142 valence electrons. The molecule has 0 heterocycles. The number of amides is 2. The smallest absolute Gasteiger partial charge is 0.245 e. The van der Waals surface area contributed by atoms with E-state index in [4.69, 9.17) is 18.9 Å². The van der Waals surface area contributed by atoms with Gasteiger partial charge in [-0.25, -0.2) is 0 Å². The van der Waals surface area contributed by atoms with Gasteiger partial charge in [-0.05, 0) is 14.0 Å². The SMILES string of the molecule is CNC(=O)COCCOCCOCCOCCNC(=O)C(C)NC. The van der Waals surface area contributed by atoms with Gasteiger partial charge in [0.1, 0.15) is 6.61 Å². The van der Waals surface area contributed by atoms with Crippen LogP contribution < -0.4 is 16.0 Å². The summed E-state index contributed by atoms with van der Waals surface area (Å²) in [6.07, 6.45) is 0. The lowest BCUT2D eigenvalue weighted by molar-refractivity contribution is -0.126. The third-order valence-corrected chi connectivity index (χ3v) is 3.00. The van der Waals surface area contributed by atoms with E-state index in [0.29, 0.717) is 52.8 Å². The van der Waals surface area contributed by atoms with E-state index in [2.05, 4.69) is 16.0 Å². The van der Waals surface area contributed by atoms with Gasteiger partial charge in [0, 0.05) is 13.6 Å². The highest BCUT2D eigenvalue weighted by atomic mass is 16.6. The molecule has 0 saturated heterocycles. The lowest BCUT2D eigenvalue weighted by atomic mass is 10.3. The van der Waals surface area contributed by atoms with Gasteiger partial charge in [-0.1, -0.05) is 0 Å². The van der Waals surface area contributed by atoms with Gasteiger partial charge in [-0.15, -0.1) is 0 Å². The summed E-state index contributed by atoms with van der Waals surface area (Å²) in [4.78, 5) is 22.3. The minimum atomic E-state index is -0.206. The van der Waals surface area contributed by atoms with Crippen molar-refractivity contribution in [3.63, 3.8) is 0 Å². The zero-order chi connectivity index (χ0) is 18.0. The van der Waals surface area contributed by atoms with E-state index in [9.17, 15) is 9.59 Å². The number of likely N-dealkylation sites (N-methyl/N-ethyl adjacent to an activating group) is 2. The highest BCUT2D eigenvalue weighted by molar-refractivity contribution is 5.81. The molecular formula is C15H31N3O6. The first-order valence-electron chi connectivity index (χ1n) is 8.08. The van der Waals surface area contributed by atoms with E-state index < -0.39 is 0 Å². The summed E-state index contributed by atoms with van der Waals surface area (Å²) in [6.45, 7) is 5.41. The van der Waals surface area contributed by atoms with Gasteiger partial charge in [-0.2, -0.15) is 0 Å². The average molecular weight is 349 g/mol. The van der Waals surface area contributed by atoms with Crippen LogP contribution in [-0.4, -0.2) is 91.4 Å². The largest absolute Gasteiger partial charge is 0.377 e. The minimum Gasteiger partial charge on any atom is -0.377 e. The first-order chi connectivity index (χ1) is 11.6. The Hall–Kier alpha value is -1.26. The Labute approximate surface area is 143 Å². The van der Waals surface area contributed by atoms with E-state index in [0.717, 1.165) is 0 Å². The molecule has 0 aromatic carbocycles. The van der Waals surface area contributed by atoms with Crippen molar-refractivity contribution >= 4 is 11.8 Å². The summed E-state index contributed by atoms with van der Waals surface area (Å²) < 4.78 is 21.0. The molecule has 1 atom stereocenters. The van der Waals surface area contributed by atoms with E-state index in [1.54, 1.807) is 21.0 Å². The number of carbonyl (C=O) groups excluding carboxylic acids is 2. The van der Waals surface area contributed by atoms with Gasteiger partial charge < -0.3 is 34.9 Å². The third kappa shape index (κ3) is 14.3. The predicted octanol–water partition coefficient (Wildman–Crippen LogP) is -1.48. The summed E-state index contributed by atoms with van der Waals surface area (Å²) in [7, 11) is 3.30. The average Bonchev–Trinajstić information content (AvgIpc) is 2.60. The first kappa shape index (κ1) is 22.7. The maximum absolute atomic E-state index is 11.4. The van der Waals surface area contributed by atoms with Crippen LogP contribution in [0.15, 0.2) is 0 Å². The van der Waals surface area contributed by atoms with Crippen LogP contribution in [0.4, 0.5) is 0 Å². The molecule has 0 fully saturated rings. The maximum atomic E-state index is 11.4. The Bertz CT molecular complexity index is 330. The van der Waals surface area contributed by atoms with Crippen LogP contribution in [-0.2, 0) is 28.5 Å². The van der Waals surface area contributed by atoms with Crippen molar-refractivity contribution in [3.8, 4) is 0 Å². The number of hydrogen-bond acceptors (Lipinski definition) is 7. The van der Waals surface area contributed by atoms with Crippen molar-refractivity contribution in [3.05, 3.63) is 0 Å². The van der Waals surface area contributed by atoms with E-state index in [1.807, 2.05) is 0 Å². The van der Waals surface area contributed by atoms with Crippen LogP contribution in [0.1, 0.15) is 6.92 Å². The molecule has 0 bridgehead atoms.